The molecule has 6 heteroatoms. The molecule has 4 rings (SSSR count). The molecule has 1 atom stereocenters. The maximum atomic E-state index is 12.9. The average molecular weight is 455 g/mol. The van der Waals surface area contributed by atoms with Gasteiger partial charge in [0, 0.05) is 22.4 Å². The first kappa shape index (κ1) is 22.3. The van der Waals surface area contributed by atoms with Gasteiger partial charge in [0.25, 0.3) is 0 Å². The Labute approximate surface area is 196 Å². The molecule has 0 saturated heterocycles. The highest BCUT2D eigenvalue weighted by atomic mass is 32.2. The first-order valence-electron chi connectivity index (χ1n) is 10.4. The number of benzene rings is 3. The number of rotatable bonds is 8. The SMILES string of the molecule is NC(=O)c1ccc(CSc2ccc(C(=O)OC(c3ccccc3)c3ccccn3)cc2)cc1. The zero-order valence-corrected chi connectivity index (χ0v) is 18.6. The van der Waals surface area contributed by atoms with Crippen molar-refractivity contribution in [2.24, 2.45) is 5.73 Å². The Hall–Kier alpha value is -3.90. The van der Waals surface area contributed by atoms with Crippen LogP contribution in [0.25, 0.3) is 0 Å². The van der Waals surface area contributed by atoms with Gasteiger partial charge in [0.05, 0.1) is 11.3 Å². The number of carbonyl (C=O) groups excluding carboxylic acids is 2. The second-order valence-corrected chi connectivity index (χ2v) is 8.37. The Kier molecular flexibility index (Phi) is 7.17. The number of hydrogen-bond acceptors (Lipinski definition) is 5. The van der Waals surface area contributed by atoms with Crippen LogP contribution in [-0.4, -0.2) is 16.9 Å². The van der Waals surface area contributed by atoms with E-state index >= 15 is 0 Å². The molecule has 0 aliphatic rings. The second-order valence-electron chi connectivity index (χ2n) is 7.32. The molecule has 2 N–H and O–H groups in total. The van der Waals surface area contributed by atoms with Gasteiger partial charge in [-0.3, -0.25) is 9.78 Å². The van der Waals surface area contributed by atoms with Crippen LogP contribution in [0.4, 0.5) is 0 Å². The van der Waals surface area contributed by atoms with Gasteiger partial charge in [-0.2, -0.15) is 0 Å². The van der Waals surface area contributed by atoms with Crippen LogP contribution >= 0.6 is 11.8 Å². The minimum atomic E-state index is -0.586. The van der Waals surface area contributed by atoms with E-state index in [4.69, 9.17) is 10.5 Å². The first-order valence-corrected chi connectivity index (χ1v) is 11.4. The van der Waals surface area contributed by atoms with Gasteiger partial charge in [0.15, 0.2) is 6.10 Å². The van der Waals surface area contributed by atoms with Crippen LogP contribution in [0.1, 0.15) is 43.6 Å². The normalized spacial score (nSPS) is 11.5. The second kappa shape index (κ2) is 10.6. The molecular weight excluding hydrogens is 432 g/mol. The summed E-state index contributed by atoms with van der Waals surface area (Å²) in [7, 11) is 0. The summed E-state index contributed by atoms with van der Waals surface area (Å²) in [5, 5.41) is 0. The number of ether oxygens (including phenoxy) is 1. The summed E-state index contributed by atoms with van der Waals surface area (Å²) in [4.78, 5) is 29.5. The summed E-state index contributed by atoms with van der Waals surface area (Å²) < 4.78 is 5.86. The van der Waals surface area contributed by atoms with Gasteiger partial charge in [-0.15, -0.1) is 11.8 Å². The number of amides is 1. The first-order chi connectivity index (χ1) is 16.1. The van der Waals surface area contributed by atoms with Crippen LogP contribution in [0.3, 0.4) is 0 Å². The van der Waals surface area contributed by atoms with Gasteiger partial charge in [0.1, 0.15) is 0 Å². The van der Waals surface area contributed by atoms with Crippen LogP contribution in [0, 0.1) is 0 Å². The van der Waals surface area contributed by atoms with Crippen molar-refractivity contribution >= 4 is 23.6 Å². The van der Waals surface area contributed by atoms with Gasteiger partial charge in [-0.1, -0.05) is 48.5 Å². The Morgan fingerprint density at radius 3 is 2.12 bits per heavy atom. The molecule has 1 aromatic heterocycles. The third kappa shape index (κ3) is 5.87. The lowest BCUT2D eigenvalue weighted by Gasteiger charge is -2.18. The number of carbonyl (C=O) groups is 2. The summed E-state index contributed by atoms with van der Waals surface area (Å²) in [5.74, 6) is -0.110. The average Bonchev–Trinajstić information content (AvgIpc) is 2.87. The van der Waals surface area contributed by atoms with Gasteiger partial charge >= 0.3 is 5.97 Å². The van der Waals surface area contributed by atoms with E-state index in [1.165, 1.54) is 0 Å². The summed E-state index contributed by atoms with van der Waals surface area (Å²) >= 11 is 1.64. The standard InChI is InChI=1S/C27H22N2O3S/c28-26(30)21-11-9-19(10-12-21)18-33-23-15-13-22(14-16-23)27(31)32-25(20-6-2-1-3-7-20)24-8-4-5-17-29-24/h1-17,25H,18H2,(H2,28,30). The minimum absolute atomic E-state index is 0.409. The van der Waals surface area contributed by atoms with E-state index in [-0.39, 0.29) is 0 Å². The van der Waals surface area contributed by atoms with E-state index in [1.54, 1.807) is 42.2 Å². The van der Waals surface area contributed by atoms with Gasteiger partial charge in [0.2, 0.25) is 5.91 Å². The van der Waals surface area contributed by atoms with Crippen molar-refractivity contribution in [2.45, 2.75) is 16.8 Å². The number of esters is 1. The molecule has 0 fully saturated rings. The van der Waals surface area contributed by atoms with Crippen LogP contribution in [0.5, 0.6) is 0 Å². The topological polar surface area (TPSA) is 82.3 Å². The third-order valence-electron chi connectivity index (χ3n) is 5.02. The fourth-order valence-electron chi connectivity index (χ4n) is 3.25. The molecule has 0 aliphatic heterocycles. The fraction of sp³-hybridized carbons (Fsp3) is 0.0741. The van der Waals surface area contributed by atoms with E-state index in [9.17, 15) is 9.59 Å². The van der Waals surface area contributed by atoms with Crippen molar-refractivity contribution in [3.63, 3.8) is 0 Å². The van der Waals surface area contributed by atoms with Gasteiger partial charge < -0.3 is 10.5 Å². The predicted octanol–water partition coefficient (Wildman–Crippen LogP) is 5.42. The molecule has 1 heterocycles. The van der Waals surface area contributed by atoms with Crippen LogP contribution in [0.15, 0.2) is 108 Å². The number of thioether (sulfide) groups is 1. The molecule has 5 nitrogen and oxygen atoms in total. The Bertz CT molecular complexity index is 1170. The van der Waals surface area contributed by atoms with Crippen LogP contribution < -0.4 is 5.73 Å². The van der Waals surface area contributed by atoms with Crippen molar-refractivity contribution in [1.82, 2.24) is 4.98 Å². The number of primary amides is 1. The fourth-order valence-corrected chi connectivity index (χ4v) is 4.11. The van der Waals surface area contributed by atoms with Crippen LogP contribution in [0.2, 0.25) is 0 Å². The number of hydrogen-bond donors (Lipinski definition) is 1. The van der Waals surface area contributed by atoms with Crippen molar-refractivity contribution in [3.8, 4) is 0 Å². The third-order valence-corrected chi connectivity index (χ3v) is 6.10. The number of nitrogens with zero attached hydrogens (tertiary/aromatic N) is 1. The van der Waals surface area contributed by atoms with Crippen molar-refractivity contribution in [2.75, 3.05) is 0 Å². The van der Waals surface area contributed by atoms with Crippen molar-refractivity contribution in [3.05, 3.63) is 131 Å². The highest BCUT2D eigenvalue weighted by Gasteiger charge is 2.21. The molecule has 0 bridgehead atoms. The summed E-state index contributed by atoms with van der Waals surface area (Å²) in [5.41, 5.74) is 8.86. The Morgan fingerprint density at radius 2 is 1.48 bits per heavy atom. The lowest BCUT2D eigenvalue weighted by Crippen LogP contribution is -2.14. The number of aromatic nitrogens is 1. The molecule has 33 heavy (non-hydrogen) atoms. The van der Waals surface area contributed by atoms with Gasteiger partial charge in [-0.25, -0.2) is 4.79 Å². The molecule has 1 amide bonds. The van der Waals surface area contributed by atoms with Gasteiger partial charge in [-0.05, 0) is 59.7 Å². The van der Waals surface area contributed by atoms with E-state index in [0.29, 0.717) is 16.8 Å². The molecule has 0 aliphatic carbocycles. The lowest BCUT2D eigenvalue weighted by molar-refractivity contribution is 0.0370. The highest BCUT2D eigenvalue weighted by Crippen LogP contribution is 2.27. The summed E-state index contributed by atoms with van der Waals surface area (Å²) in [6.45, 7) is 0. The number of nitrogens with two attached hydrogens (primary N) is 1. The van der Waals surface area contributed by atoms with Crippen LogP contribution in [-0.2, 0) is 10.5 Å². The quantitative estimate of drug-likeness (QED) is 0.284. The molecule has 0 spiro atoms. The highest BCUT2D eigenvalue weighted by molar-refractivity contribution is 7.98. The molecule has 4 aromatic rings. The van der Waals surface area contributed by atoms with E-state index in [2.05, 4.69) is 4.98 Å². The predicted molar refractivity (Wildman–Crippen MR) is 129 cm³/mol. The van der Waals surface area contributed by atoms with E-state index in [1.807, 2.05) is 72.8 Å². The molecule has 164 valence electrons. The maximum absolute atomic E-state index is 12.9. The van der Waals surface area contributed by atoms with Crippen molar-refractivity contribution in [1.29, 1.82) is 0 Å². The zero-order valence-electron chi connectivity index (χ0n) is 17.8. The number of pyridine rings is 1. The van der Waals surface area contributed by atoms with E-state index < -0.39 is 18.0 Å². The zero-order chi connectivity index (χ0) is 23.0. The maximum Gasteiger partial charge on any atom is 0.339 e. The summed E-state index contributed by atoms with van der Waals surface area (Å²) in [6, 6.07) is 29.7. The Balaban J connectivity index is 1.42. The molecule has 0 radical (unpaired) electrons. The molecule has 0 saturated carbocycles. The molecule has 1 unspecified atom stereocenters. The van der Waals surface area contributed by atoms with Crippen molar-refractivity contribution < 1.29 is 14.3 Å². The van der Waals surface area contributed by atoms with E-state index in [0.717, 1.165) is 21.8 Å². The lowest BCUT2D eigenvalue weighted by atomic mass is 10.1. The Morgan fingerprint density at radius 1 is 0.818 bits per heavy atom. The summed E-state index contributed by atoms with van der Waals surface area (Å²) in [6.07, 6.45) is 1.10. The molecule has 3 aromatic carbocycles. The molecular formula is C27H22N2O3S. The smallest absolute Gasteiger partial charge is 0.339 e. The monoisotopic (exact) mass is 454 g/mol. The minimum Gasteiger partial charge on any atom is -0.447 e. The largest absolute Gasteiger partial charge is 0.447 e.